The first-order valence-corrected chi connectivity index (χ1v) is 9.05. The van der Waals surface area contributed by atoms with Crippen molar-refractivity contribution in [1.82, 2.24) is 4.90 Å². The van der Waals surface area contributed by atoms with E-state index in [0.29, 0.717) is 37.1 Å². The van der Waals surface area contributed by atoms with Gasteiger partial charge in [-0.2, -0.15) is 0 Å². The molecule has 6 nitrogen and oxygen atoms in total. The summed E-state index contributed by atoms with van der Waals surface area (Å²) in [6, 6.07) is 6.70. The molecule has 6 heteroatoms. The number of rotatable bonds is 3. The van der Waals surface area contributed by atoms with E-state index in [9.17, 15) is 14.7 Å². The Morgan fingerprint density at radius 2 is 2.04 bits per heavy atom. The quantitative estimate of drug-likeness (QED) is 0.832. The Kier molecular flexibility index (Phi) is 5.96. The monoisotopic (exact) mass is 363 g/mol. The zero-order chi connectivity index (χ0) is 19.5. The highest BCUT2D eigenvalue weighted by Gasteiger charge is 2.40. The number of likely N-dealkylation sites (tertiary alicyclic amines) is 1. The first kappa shape index (κ1) is 20.2. The van der Waals surface area contributed by atoms with Crippen LogP contribution in [0.3, 0.4) is 0 Å². The predicted molar refractivity (Wildman–Crippen MR) is 97.9 cm³/mol. The second-order valence-electron chi connectivity index (χ2n) is 7.81. The lowest BCUT2D eigenvalue weighted by Gasteiger charge is -2.43. The number of nitrogens with zero attached hydrogens (tertiary/aromatic N) is 1. The van der Waals surface area contributed by atoms with Gasteiger partial charge in [0.2, 0.25) is 0 Å². The van der Waals surface area contributed by atoms with Crippen LogP contribution >= 0.6 is 0 Å². The van der Waals surface area contributed by atoms with Crippen molar-refractivity contribution in [3.05, 3.63) is 35.4 Å². The van der Waals surface area contributed by atoms with Gasteiger partial charge in [-0.15, -0.1) is 0 Å². The van der Waals surface area contributed by atoms with E-state index in [-0.39, 0.29) is 12.1 Å². The minimum Gasteiger partial charge on any atom is -0.462 e. The molecule has 1 amide bonds. The van der Waals surface area contributed by atoms with Crippen LogP contribution in [-0.4, -0.2) is 46.9 Å². The van der Waals surface area contributed by atoms with Gasteiger partial charge in [0.15, 0.2) is 0 Å². The standard InChI is InChI=1S/C20H29NO5/c1-6-25-17(22)15-8-7-9-16(12-15)20(24)10-11-21(14(2)13-20)18(23)26-19(3,4)5/h7-9,12,14,24H,6,10-11,13H2,1-5H3/t14?,20-/m0/s1. The first-order chi connectivity index (χ1) is 12.1. The van der Waals surface area contributed by atoms with E-state index in [0.717, 1.165) is 0 Å². The lowest BCUT2D eigenvalue weighted by Crippen LogP contribution is -2.51. The van der Waals surface area contributed by atoms with E-state index in [2.05, 4.69) is 0 Å². The summed E-state index contributed by atoms with van der Waals surface area (Å²) in [7, 11) is 0. The molecule has 0 saturated carbocycles. The van der Waals surface area contributed by atoms with Gasteiger partial charge in [-0.25, -0.2) is 9.59 Å². The Hall–Kier alpha value is -2.08. The van der Waals surface area contributed by atoms with Gasteiger partial charge >= 0.3 is 12.1 Å². The second-order valence-corrected chi connectivity index (χ2v) is 7.81. The van der Waals surface area contributed by atoms with Crippen molar-refractivity contribution >= 4 is 12.1 Å². The normalized spacial score (nSPS) is 23.5. The number of piperidine rings is 1. The minimum absolute atomic E-state index is 0.185. The van der Waals surface area contributed by atoms with Crippen LogP contribution < -0.4 is 0 Å². The Morgan fingerprint density at radius 1 is 1.35 bits per heavy atom. The molecule has 1 aliphatic rings. The number of benzene rings is 1. The molecule has 0 aromatic heterocycles. The molecule has 2 rings (SSSR count). The van der Waals surface area contributed by atoms with Gasteiger partial charge in [0.05, 0.1) is 17.8 Å². The molecule has 1 aromatic carbocycles. The zero-order valence-corrected chi connectivity index (χ0v) is 16.2. The number of carbonyl (C=O) groups is 2. The zero-order valence-electron chi connectivity index (χ0n) is 16.2. The van der Waals surface area contributed by atoms with Crippen LogP contribution in [0.15, 0.2) is 24.3 Å². The van der Waals surface area contributed by atoms with Crippen molar-refractivity contribution in [2.24, 2.45) is 0 Å². The molecule has 1 unspecified atom stereocenters. The molecule has 0 radical (unpaired) electrons. The topological polar surface area (TPSA) is 76.1 Å². The summed E-state index contributed by atoms with van der Waals surface area (Å²) in [6.07, 6.45) is 0.383. The van der Waals surface area contributed by atoms with Gasteiger partial charge in [-0.3, -0.25) is 0 Å². The molecular weight excluding hydrogens is 334 g/mol. The molecule has 0 bridgehead atoms. The predicted octanol–water partition coefficient (Wildman–Crippen LogP) is 3.47. The number of hydrogen-bond donors (Lipinski definition) is 1. The average molecular weight is 363 g/mol. The third kappa shape index (κ3) is 4.75. The highest BCUT2D eigenvalue weighted by Crippen LogP contribution is 2.36. The van der Waals surface area contributed by atoms with Crippen LogP contribution in [-0.2, 0) is 15.1 Å². The Bertz CT molecular complexity index is 666. The van der Waals surface area contributed by atoms with Crippen molar-refractivity contribution in [2.45, 2.75) is 64.7 Å². The molecule has 0 aliphatic carbocycles. The SMILES string of the molecule is CCOC(=O)c1cccc([C@]2(O)CCN(C(=O)OC(C)(C)C)C(C)C2)c1. The minimum atomic E-state index is -1.10. The van der Waals surface area contributed by atoms with Crippen LogP contribution in [0.25, 0.3) is 0 Å². The molecule has 1 saturated heterocycles. The van der Waals surface area contributed by atoms with Gasteiger partial charge in [-0.05, 0) is 58.7 Å². The molecule has 144 valence electrons. The summed E-state index contributed by atoms with van der Waals surface area (Å²) >= 11 is 0. The van der Waals surface area contributed by atoms with Gasteiger partial charge in [0.1, 0.15) is 5.60 Å². The maximum Gasteiger partial charge on any atom is 0.410 e. The maximum absolute atomic E-state index is 12.3. The Labute approximate surface area is 155 Å². The van der Waals surface area contributed by atoms with Crippen molar-refractivity contribution < 1.29 is 24.2 Å². The van der Waals surface area contributed by atoms with Crippen molar-refractivity contribution in [3.63, 3.8) is 0 Å². The lowest BCUT2D eigenvalue weighted by molar-refractivity contribution is -0.0546. The van der Waals surface area contributed by atoms with E-state index in [4.69, 9.17) is 9.47 Å². The Morgan fingerprint density at radius 3 is 2.62 bits per heavy atom. The van der Waals surface area contributed by atoms with Gasteiger partial charge in [0.25, 0.3) is 0 Å². The molecule has 1 fully saturated rings. The molecule has 0 spiro atoms. The van der Waals surface area contributed by atoms with E-state index in [1.54, 1.807) is 36.1 Å². The second kappa shape index (κ2) is 7.66. The molecule has 2 atom stereocenters. The lowest BCUT2D eigenvalue weighted by atomic mass is 9.81. The number of amides is 1. The molecule has 26 heavy (non-hydrogen) atoms. The average Bonchev–Trinajstić information content (AvgIpc) is 2.53. The third-order valence-electron chi connectivity index (χ3n) is 4.47. The largest absolute Gasteiger partial charge is 0.462 e. The molecule has 1 heterocycles. The summed E-state index contributed by atoms with van der Waals surface area (Å²) in [5.41, 5.74) is -0.572. The third-order valence-corrected chi connectivity index (χ3v) is 4.47. The summed E-state index contributed by atoms with van der Waals surface area (Å²) in [5.74, 6) is -0.405. The number of esters is 1. The molecule has 1 aliphatic heterocycles. The molecule has 1 aromatic rings. The number of hydrogen-bond acceptors (Lipinski definition) is 5. The van der Waals surface area contributed by atoms with Crippen LogP contribution in [0, 0.1) is 0 Å². The van der Waals surface area contributed by atoms with Gasteiger partial charge in [-0.1, -0.05) is 12.1 Å². The number of carbonyl (C=O) groups excluding carboxylic acids is 2. The Balaban J connectivity index is 2.14. The fourth-order valence-corrected chi connectivity index (χ4v) is 3.23. The summed E-state index contributed by atoms with van der Waals surface area (Å²) in [6.45, 7) is 9.82. The van der Waals surface area contributed by atoms with Gasteiger partial charge < -0.3 is 19.5 Å². The summed E-state index contributed by atoms with van der Waals surface area (Å²) in [4.78, 5) is 25.9. The highest BCUT2D eigenvalue weighted by molar-refractivity contribution is 5.89. The maximum atomic E-state index is 12.3. The number of aliphatic hydroxyl groups is 1. The summed E-state index contributed by atoms with van der Waals surface area (Å²) < 4.78 is 10.5. The highest BCUT2D eigenvalue weighted by atomic mass is 16.6. The molecule has 1 N–H and O–H groups in total. The van der Waals surface area contributed by atoms with Crippen LogP contribution in [0.4, 0.5) is 4.79 Å². The van der Waals surface area contributed by atoms with Crippen molar-refractivity contribution in [3.8, 4) is 0 Å². The van der Waals surface area contributed by atoms with Crippen molar-refractivity contribution in [2.75, 3.05) is 13.2 Å². The van der Waals surface area contributed by atoms with Crippen LogP contribution in [0.2, 0.25) is 0 Å². The molecular formula is C20H29NO5. The van der Waals surface area contributed by atoms with E-state index < -0.39 is 17.2 Å². The van der Waals surface area contributed by atoms with Gasteiger partial charge in [0, 0.05) is 19.0 Å². The fraction of sp³-hybridized carbons (Fsp3) is 0.600. The van der Waals surface area contributed by atoms with E-state index in [1.165, 1.54) is 0 Å². The van der Waals surface area contributed by atoms with Crippen LogP contribution in [0.1, 0.15) is 63.4 Å². The summed E-state index contributed by atoms with van der Waals surface area (Å²) in [5, 5.41) is 11.2. The van der Waals surface area contributed by atoms with Crippen molar-refractivity contribution in [1.29, 1.82) is 0 Å². The van der Waals surface area contributed by atoms with Crippen LogP contribution in [0.5, 0.6) is 0 Å². The van der Waals surface area contributed by atoms with E-state index >= 15 is 0 Å². The smallest absolute Gasteiger partial charge is 0.410 e. The first-order valence-electron chi connectivity index (χ1n) is 9.05. The van der Waals surface area contributed by atoms with E-state index in [1.807, 2.05) is 27.7 Å². The fourth-order valence-electron chi connectivity index (χ4n) is 3.23. The number of ether oxygens (including phenoxy) is 2.